The van der Waals surface area contributed by atoms with Crippen LogP contribution in [0.3, 0.4) is 0 Å². The quantitative estimate of drug-likeness (QED) is 0.768. The van der Waals surface area contributed by atoms with Gasteiger partial charge in [0.1, 0.15) is 11.4 Å². The minimum atomic E-state index is 0.233. The summed E-state index contributed by atoms with van der Waals surface area (Å²) in [5, 5.41) is 12.5. The lowest BCUT2D eigenvalue weighted by Gasteiger charge is -2.10. The molecule has 0 fully saturated rings. The lowest BCUT2D eigenvalue weighted by atomic mass is 10.1. The molecule has 0 radical (unpaired) electrons. The highest BCUT2D eigenvalue weighted by Crippen LogP contribution is 2.28. The second-order valence-corrected chi connectivity index (χ2v) is 4.62. The summed E-state index contributed by atoms with van der Waals surface area (Å²) in [6.07, 6.45) is 1.76. The molecule has 3 aromatic rings. The summed E-state index contributed by atoms with van der Waals surface area (Å²) < 4.78 is 0. The molecule has 3 rings (SSSR count). The van der Waals surface area contributed by atoms with Crippen LogP contribution in [0.4, 0.5) is 5.82 Å². The molecule has 21 heavy (non-hydrogen) atoms. The predicted molar refractivity (Wildman–Crippen MR) is 84.1 cm³/mol. The number of hydrogen-bond donors (Lipinski definition) is 2. The highest BCUT2D eigenvalue weighted by atomic mass is 16.3. The second-order valence-electron chi connectivity index (χ2n) is 4.62. The van der Waals surface area contributed by atoms with Gasteiger partial charge in [-0.3, -0.25) is 0 Å². The molecule has 0 bridgehead atoms. The van der Waals surface area contributed by atoms with E-state index in [0.29, 0.717) is 5.82 Å². The Morgan fingerprint density at radius 1 is 0.905 bits per heavy atom. The summed E-state index contributed by atoms with van der Waals surface area (Å²) in [6, 6.07) is 16.9. The van der Waals surface area contributed by atoms with E-state index in [0.717, 1.165) is 22.5 Å². The number of aromatic hydroxyl groups is 1. The van der Waals surface area contributed by atoms with E-state index in [4.69, 9.17) is 4.98 Å². The summed E-state index contributed by atoms with van der Waals surface area (Å²) in [4.78, 5) is 9.14. The van der Waals surface area contributed by atoms with Crippen molar-refractivity contribution < 1.29 is 5.11 Å². The number of phenolic OH excluding ortho intramolecular Hbond substituents is 1. The molecule has 4 heteroatoms. The monoisotopic (exact) mass is 277 g/mol. The Morgan fingerprint density at radius 3 is 2.29 bits per heavy atom. The summed E-state index contributed by atoms with van der Waals surface area (Å²) in [5.74, 6) is 0.942. The fourth-order valence-electron chi connectivity index (χ4n) is 2.14. The van der Waals surface area contributed by atoms with E-state index in [9.17, 15) is 5.11 Å². The summed E-state index contributed by atoms with van der Waals surface area (Å²) >= 11 is 0. The van der Waals surface area contributed by atoms with E-state index in [1.54, 1.807) is 18.3 Å². The number of hydrogen-bond acceptors (Lipinski definition) is 4. The van der Waals surface area contributed by atoms with Crippen LogP contribution >= 0.6 is 0 Å². The fourth-order valence-corrected chi connectivity index (χ4v) is 2.14. The number of nitrogens with one attached hydrogen (secondary N) is 1. The Morgan fingerprint density at radius 2 is 1.62 bits per heavy atom. The average Bonchev–Trinajstić information content (AvgIpc) is 2.56. The van der Waals surface area contributed by atoms with Crippen LogP contribution in [0.1, 0.15) is 0 Å². The Bertz CT molecular complexity index is 740. The molecule has 0 aliphatic carbocycles. The minimum absolute atomic E-state index is 0.233. The molecule has 104 valence electrons. The summed E-state index contributed by atoms with van der Waals surface area (Å²) in [6.45, 7) is 0. The molecule has 0 aliphatic heterocycles. The van der Waals surface area contributed by atoms with Gasteiger partial charge < -0.3 is 10.4 Å². The number of anilines is 1. The predicted octanol–water partition coefficient (Wildman–Crippen LogP) is 3.56. The Labute approximate surface area is 123 Å². The first kappa shape index (κ1) is 13.1. The van der Waals surface area contributed by atoms with Gasteiger partial charge in [-0.25, -0.2) is 9.97 Å². The zero-order valence-electron chi connectivity index (χ0n) is 11.6. The smallest absolute Gasteiger partial charge is 0.152 e. The van der Waals surface area contributed by atoms with Crippen molar-refractivity contribution in [3.05, 3.63) is 60.8 Å². The van der Waals surface area contributed by atoms with Gasteiger partial charge in [-0.1, -0.05) is 30.3 Å². The average molecular weight is 277 g/mol. The van der Waals surface area contributed by atoms with Gasteiger partial charge in [0.25, 0.3) is 0 Å². The number of nitrogens with zero attached hydrogens (tertiary/aromatic N) is 2. The van der Waals surface area contributed by atoms with Crippen LogP contribution in [-0.4, -0.2) is 22.1 Å². The zero-order valence-corrected chi connectivity index (χ0v) is 11.6. The molecule has 1 aromatic heterocycles. The fraction of sp³-hybridized carbons (Fsp3) is 0.0588. The molecule has 2 aromatic carbocycles. The lowest BCUT2D eigenvalue weighted by molar-refractivity contribution is 0.475. The molecule has 2 N–H and O–H groups in total. The van der Waals surface area contributed by atoms with E-state index in [2.05, 4.69) is 10.3 Å². The number of phenols is 1. The van der Waals surface area contributed by atoms with Gasteiger partial charge in [0.05, 0.1) is 11.9 Å². The van der Waals surface area contributed by atoms with E-state index in [-0.39, 0.29) is 5.75 Å². The third-order valence-corrected chi connectivity index (χ3v) is 3.22. The van der Waals surface area contributed by atoms with Crippen molar-refractivity contribution in [3.63, 3.8) is 0 Å². The molecular formula is C17H15N3O. The minimum Gasteiger partial charge on any atom is -0.508 e. The van der Waals surface area contributed by atoms with Crippen molar-refractivity contribution in [1.29, 1.82) is 0 Å². The molecule has 4 nitrogen and oxygen atoms in total. The van der Waals surface area contributed by atoms with Crippen LogP contribution in [0.25, 0.3) is 22.5 Å². The molecule has 1 heterocycles. The Kier molecular flexibility index (Phi) is 3.51. The van der Waals surface area contributed by atoms with Crippen LogP contribution in [0, 0.1) is 0 Å². The van der Waals surface area contributed by atoms with Gasteiger partial charge in [-0.2, -0.15) is 0 Å². The molecular weight excluding hydrogens is 262 g/mol. The molecule has 0 atom stereocenters. The molecule has 0 saturated carbocycles. The third kappa shape index (κ3) is 2.69. The highest BCUT2D eigenvalue weighted by Gasteiger charge is 2.10. The third-order valence-electron chi connectivity index (χ3n) is 3.22. The second kappa shape index (κ2) is 5.63. The first-order chi connectivity index (χ1) is 10.3. The number of rotatable bonds is 3. The van der Waals surface area contributed by atoms with Crippen molar-refractivity contribution >= 4 is 5.82 Å². The van der Waals surface area contributed by atoms with Crippen molar-refractivity contribution in [2.45, 2.75) is 0 Å². The van der Waals surface area contributed by atoms with E-state index < -0.39 is 0 Å². The highest BCUT2D eigenvalue weighted by molar-refractivity contribution is 5.74. The van der Waals surface area contributed by atoms with Crippen LogP contribution < -0.4 is 5.32 Å². The van der Waals surface area contributed by atoms with Crippen molar-refractivity contribution in [3.8, 4) is 28.3 Å². The largest absolute Gasteiger partial charge is 0.508 e. The first-order valence-corrected chi connectivity index (χ1v) is 6.67. The van der Waals surface area contributed by atoms with Gasteiger partial charge in [0.15, 0.2) is 5.82 Å². The van der Waals surface area contributed by atoms with Gasteiger partial charge in [0, 0.05) is 18.2 Å². The van der Waals surface area contributed by atoms with Crippen molar-refractivity contribution in [2.75, 3.05) is 12.4 Å². The maximum absolute atomic E-state index is 9.41. The van der Waals surface area contributed by atoms with Crippen LogP contribution in [0.15, 0.2) is 60.8 Å². The molecule has 0 aliphatic rings. The topological polar surface area (TPSA) is 58.0 Å². The SMILES string of the molecule is CNc1ncc(-c2ccccc2)nc1-c1ccc(O)cc1. The number of aromatic nitrogens is 2. The standard InChI is InChI=1S/C17H15N3O/c1-18-17-16(13-7-9-14(21)10-8-13)20-15(11-19-17)12-5-3-2-4-6-12/h2-11,21H,1H3,(H,18,19). The normalized spacial score (nSPS) is 10.3. The lowest BCUT2D eigenvalue weighted by Crippen LogP contribution is -1.99. The molecule has 0 spiro atoms. The van der Waals surface area contributed by atoms with Gasteiger partial charge in [-0.15, -0.1) is 0 Å². The van der Waals surface area contributed by atoms with Crippen LogP contribution in [0.5, 0.6) is 5.75 Å². The maximum Gasteiger partial charge on any atom is 0.152 e. The maximum atomic E-state index is 9.41. The number of benzene rings is 2. The van der Waals surface area contributed by atoms with E-state index >= 15 is 0 Å². The van der Waals surface area contributed by atoms with E-state index in [1.165, 1.54) is 0 Å². The van der Waals surface area contributed by atoms with Crippen LogP contribution in [-0.2, 0) is 0 Å². The van der Waals surface area contributed by atoms with Crippen LogP contribution in [0.2, 0.25) is 0 Å². The molecule has 0 saturated heterocycles. The Balaban J connectivity index is 2.12. The van der Waals surface area contributed by atoms with Gasteiger partial charge >= 0.3 is 0 Å². The molecule has 0 unspecified atom stereocenters. The zero-order chi connectivity index (χ0) is 14.7. The molecule has 0 amide bonds. The summed E-state index contributed by atoms with van der Waals surface area (Å²) in [7, 11) is 1.82. The Hall–Kier alpha value is -2.88. The summed E-state index contributed by atoms with van der Waals surface area (Å²) in [5.41, 5.74) is 3.51. The van der Waals surface area contributed by atoms with E-state index in [1.807, 2.05) is 49.5 Å². The van der Waals surface area contributed by atoms with Crippen molar-refractivity contribution in [2.24, 2.45) is 0 Å². The first-order valence-electron chi connectivity index (χ1n) is 6.67. The van der Waals surface area contributed by atoms with Crippen molar-refractivity contribution in [1.82, 2.24) is 9.97 Å². The van der Waals surface area contributed by atoms with Gasteiger partial charge in [-0.05, 0) is 24.3 Å². The van der Waals surface area contributed by atoms with Gasteiger partial charge in [0.2, 0.25) is 0 Å².